The number of carbonyl (C=O) groups is 1. The second kappa shape index (κ2) is 10.4. The lowest BCUT2D eigenvalue weighted by Gasteiger charge is -2.27. The summed E-state index contributed by atoms with van der Waals surface area (Å²) in [6.45, 7) is 2.99. The average molecular weight is 462 g/mol. The van der Waals surface area contributed by atoms with Crippen LogP contribution in [0.3, 0.4) is 0 Å². The second-order valence-electron chi connectivity index (χ2n) is 7.19. The Labute approximate surface area is 190 Å². The Bertz CT molecular complexity index is 1110. The molecule has 0 saturated carbocycles. The molecule has 1 aliphatic heterocycles. The summed E-state index contributed by atoms with van der Waals surface area (Å²) in [6, 6.07) is 3.59. The number of amides is 1. The van der Waals surface area contributed by atoms with Crippen molar-refractivity contribution in [2.75, 3.05) is 35.4 Å². The molecule has 0 atom stereocenters. The minimum atomic E-state index is -0.586. The lowest BCUT2D eigenvalue weighted by Crippen LogP contribution is -2.36. The van der Waals surface area contributed by atoms with Crippen LogP contribution in [0.25, 0.3) is 0 Å². The van der Waals surface area contributed by atoms with E-state index in [2.05, 4.69) is 38.3 Å². The molecule has 170 valence electrons. The number of halogens is 2. The molecule has 1 aliphatic rings. The fourth-order valence-corrected chi connectivity index (χ4v) is 3.29. The van der Waals surface area contributed by atoms with E-state index in [1.54, 1.807) is 22.0 Å². The van der Waals surface area contributed by atoms with Crippen LogP contribution < -0.4 is 15.5 Å². The van der Waals surface area contributed by atoms with Crippen molar-refractivity contribution in [3.63, 3.8) is 0 Å². The predicted octanol–water partition coefficient (Wildman–Crippen LogP) is 3.05. The van der Waals surface area contributed by atoms with Gasteiger partial charge in [-0.15, -0.1) is 0 Å². The molecule has 0 bridgehead atoms. The van der Waals surface area contributed by atoms with Crippen molar-refractivity contribution in [1.82, 2.24) is 19.7 Å². The molecule has 2 N–H and O–H groups in total. The molecule has 0 fully saturated rings. The monoisotopic (exact) mass is 461 g/mol. The number of hydrogen-bond donors (Lipinski definition) is 3. The van der Waals surface area contributed by atoms with E-state index >= 15 is 0 Å². The fourth-order valence-electron chi connectivity index (χ4n) is 3.29. The van der Waals surface area contributed by atoms with Gasteiger partial charge in [0.1, 0.15) is 17.3 Å². The molecule has 0 radical (unpaired) electrons. The highest BCUT2D eigenvalue weighted by Crippen LogP contribution is 2.29. The Balaban J connectivity index is 0.00000141. The number of nitrogens with one attached hydrogen (secondary N) is 2. The van der Waals surface area contributed by atoms with Gasteiger partial charge < -0.3 is 15.5 Å². The van der Waals surface area contributed by atoms with E-state index in [0.29, 0.717) is 48.2 Å². The number of anilines is 3. The molecule has 8 nitrogen and oxygen atoms in total. The number of benzene rings is 1. The van der Waals surface area contributed by atoms with Gasteiger partial charge in [-0.05, 0) is 31.2 Å². The first-order valence-electron chi connectivity index (χ1n) is 9.92. The van der Waals surface area contributed by atoms with Gasteiger partial charge in [0.05, 0.1) is 18.4 Å². The maximum atomic E-state index is 13.7. The van der Waals surface area contributed by atoms with Crippen molar-refractivity contribution in [1.29, 1.82) is 0 Å². The van der Waals surface area contributed by atoms with Gasteiger partial charge in [-0.25, -0.2) is 13.8 Å². The standard InChI is InChI=1S/C20H21F2N7O.CH4S/c1-12-18-19(28(2)11-17(30)26-18)27-20(25-12)23-8-13-9-24-29(10-13)6-5-14-3-4-15(21)7-16(14)22;1-2/h3-4,7,9-10H,5-6,8,11H2,1-2H3,(H,26,30)(H,23,25,27);2H,1H3. The smallest absolute Gasteiger partial charge is 0.244 e. The maximum Gasteiger partial charge on any atom is 0.244 e. The van der Waals surface area contributed by atoms with E-state index in [4.69, 9.17) is 0 Å². The summed E-state index contributed by atoms with van der Waals surface area (Å²) in [7, 11) is 1.81. The topological polar surface area (TPSA) is 88.0 Å². The van der Waals surface area contributed by atoms with Crippen molar-refractivity contribution in [2.24, 2.45) is 0 Å². The molecule has 1 amide bonds. The Morgan fingerprint density at radius 1 is 1.25 bits per heavy atom. The Kier molecular flexibility index (Phi) is 7.62. The number of likely N-dealkylation sites (N-methyl/N-ethyl adjacent to an activating group) is 1. The molecule has 32 heavy (non-hydrogen) atoms. The van der Waals surface area contributed by atoms with Gasteiger partial charge in [0.2, 0.25) is 11.9 Å². The Morgan fingerprint density at radius 2 is 2.03 bits per heavy atom. The van der Waals surface area contributed by atoms with E-state index in [9.17, 15) is 13.6 Å². The third kappa shape index (κ3) is 5.52. The van der Waals surface area contributed by atoms with Crippen LogP contribution in [0.15, 0.2) is 30.6 Å². The normalized spacial score (nSPS) is 12.6. The van der Waals surface area contributed by atoms with Crippen molar-refractivity contribution in [3.05, 3.63) is 59.0 Å². The highest BCUT2D eigenvalue weighted by atomic mass is 32.1. The summed E-state index contributed by atoms with van der Waals surface area (Å²) in [5, 5.41) is 10.3. The highest BCUT2D eigenvalue weighted by molar-refractivity contribution is 7.79. The molecule has 0 unspecified atom stereocenters. The van der Waals surface area contributed by atoms with E-state index in [1.165, 1.54) is 12.1 Å². The zero-order valence-corrected chi connectivity index (χ0v) is 19.0. The van der Waals surface area contributed by atoms with Crippen LogP contribution in [-0.4, -0.2) is 45.5 Å². The zero-order chi connectivity index (χ0) is 23.3. The van der Waals surface area contributed by atoms with Gasteiger partial charge in [0.15, 0.2) is 5.82 Å². The van der Waals surface area contributed by atoms with Crippen molar-refractivity contribution in [2.45, 2.75) is 26.4 Å². The average Bonchev–Trinajstić information content (AvgIpc) is 3.22. The van der Waals surface area contributed by atoms with E-state index in [-0.39, 0.29) is 12.5 Å². The van der Waals surface area contributed by atoms with Gasteiger partial charge in [-0.2, -0.15) is 22.7 Å². The summed E-state index contributed by atoms with van der Waals surface area (Å²) >= 11 is 3.53. The zero-order valence-electron chi connectivity index (χ0n) is 18.1. The van der Waals surface area contributed by atoms with Crippen molar-refractivity contribution >= 4 is 36.0 Å². The molecule has 3 aromatic rings. The lowest BCUT2D eigenvalue weighted by atomic mass is 10.1. The summed E-state index contributed by atoms with van der Waals surface area (Å²) in [5.74, 6) is -0.107. The van der Waals surface area contributed by atoms with Gasteiger partial charge in [-0.3, -0.25) is 9.48 Å². The van der Waals surface area contributed by atoms with Gasteiger partial charge in [0, 0.05) is 38.0 Å². The van der Waals surface area contributed by atoms with Gasteiger partial charge in [0.25, 0.3) is 0 Å². The molecule has 11 heteroatoms. The van der Waals surface area contributed by atoms with Crippen LogP contribution in [-0.2, 0) is 24.3 Å². The predicted molar refractivity (Wildman–Crippen MR) is 123 cm³/mol. The largest absolute Gasteiger partial charge is 0.350 e. The summed E-state index contributed by atoms with van der Waals surface area (Å²) < 4.78 is 28.5. The second-order valence-corrected chi connectivity index (χ2v) is 7.19. The van der Waals surface area contributed by atoms with Crippen LogP contribution in [0.2, 0.25) is 0 Å². The summed E-state index contributed by atoms with van der Waals surface area (Å²) in [4.78, 5) is 22.4. The maximum absolute atomic E-state index is 13.7. The molecule has 4 rings (SSSR count). The number of thiol groups is 1. The lowest BCUT2D eigenvalue weighted by molar-refractivity contribution is -0.115. The van der Waals surface area contributed by atoms with Crippen LogP contribution in [0, 0.1) is 18.6 Å². The van der Waals surface area contributed by atoms with Gasteiger partial charge in [-0.1, -0.05) is 6.07 Å². The first-order valence-corrected chi connectivity index (χ1v) is 10.8. The third-order valence-corrected chi connectivity index (χ3v) is 4.84. The first kappa shape index (κ1) is 23.5. The fraction of sp³-hybridized carbons (Fsp3) is 0.333. The SMILES string of the molecule is CS.Cc1nc(NCc2cnn(CCc3ccc(F)cc3F)c2)nc2c1NC(=O)CN2C. The minimum Gasteiger partial charge on any atom is -0.350 e. The molecular formula is C21H25F2N7OS. The van der Waals surface area contributed by atoms with Crippen molar-refractivity contribution < 1.29 is 13.6 Å². The van der Waals surface area contributed by atoms with Crippen LogP contribution in [0.1, 0.15) is 16.8 Å². The quantitative estimate of drug-likeness (QED) is 0.489. The van der Waals surface area contributed by atoms with Crippen LogP contribution in [0.5, 0.6) is 0 Å². The summed E-state index contributed by atoms with van der Waals surface area (Å²) in [5.41, 5.74) is 2.66. The number of hydrogen-bond acceptors (Lipinski definition) is 7. The Hall–Kier alpha value is -3.21. The minimum absolute atomic E-state index is 0.0923. The summed E-state index contributed by atoms with van der Waals surface area (Å²) in [6.07, 6.45) is 5.67. The Morgan fingerprint density at radius 3 is 2.78 bits per heavy atom. The van der Waals surface area contributed by atoms with Gasteiger partial charge >= 0.3 is 0 Å². The molecule has 0 aliphatic carbocycles. The number of aryl methyl sites for hydroxylation is 3. The van der Waals surface area contributed by atoms with E-state index < -0.39 is 11.6 Å². The molecule has 0 spiro atoms. The molecule has 0 saturated heterocycles. The number of nitrogens with zero attached hydrogens (tertiary/aromatic N) is 5. The van der Waals surface area contributed by atoms with Crippen LogP contribution >= 0.6 is 12.6 Å². The number of carbonyl (C=O) groups excluding carboxylic acids is 1. The van der Waals surface area contributed by atoms with E-state index in [0.717, 1.165) is 11.6 Å². The third-order valence-electron chi connectivity index (χ3n) is 4.84. The molecule has 1 aromatic carbocycles. The van der Waals surface area contributed by atoms with Crippen molar-refractivity contribution in [3.8, 4) is 0 Å². The molecule has 3 heterocycles. The highest BCUT2D eigenvalue weighted by Gasteiger charge is 2.23. The first-order chi connectivity index (χ1) is 15.4. The molecule has 2 aromatic heterocycles. The number of rotatable bonds is 6. The van der Waals surface area contributed by atoms with Crippen LogP contribution in [0.4, 0.5) is 26.2 Å². The van der Waals surface area contributed by atoms with E-state index in [1.807, 2.05) is 20.2 Å². The number of aromatic nitrogens is 4. The number of fused-ring (bicyclic) bond motifs is 1. The molecular weight excluding hydrogens is 436 g/mol.